The number of thioether (sulfide) groups is 1. The number of anilines is 1. The van der Waals surface area contributed by atoms with E-state index in [0.717, 1.165) is 57.6 Å². The maximum absolute atomic E-state index is 13.0. The summed E-state index contributed by atoms with van der Waals surface area (Å²) < 4.78 is 11.9. The van der Waals surface area contributed by atoms with Crippen molar-refractivity contribution < 1.29 is 14.3 Å². The van der Waals surface area contributed by atoms with E-state index < -0.39 is 0 Å². The zero-order chi connectivity index (χ0) is 28.2. The Morgan fingerprint density at radius 2 is 2.05 bits per heavy atom. The van der Waals surface area contributed by atoms with E-state index in [-0.39, 0.29) is 22.7 Å². The quantitative estimate of drug-likeness (QED) is 0.490. The van der Waals surface area contributed by atoms with Gasteiger partial charge in [-0.2, -0.15) is 21.7 Å². The third-order valence-corrected chi connectivity index (χ3v) is 9.16. The van der Waals surface area contributed by atoms with Crippen LogP contribution in [-0.2, 0) is 29.0 Å². The molecule has 0 radical (unpaired) electrons. The number of aromatic nitrogens is 2. The highest BCUT2D eigenvalue weighted by Gasteiger charge is 2.31. The Morgan fingerprint density at radius 3 is 2.80 bits per heavy atom. The predicted octanol–water partition coefficient (Wildman–Crippen LogP) is 4.15. The summed E-state index contributed by atoms with van der Waals surface area (Å²) in [6, 6.07) is 6.23. The maximum atomic E-state index is 13.0. The molecule has 1 amide bonds. The molecule has 1 fully saturated rings. The Kier molecular flexibility index (Phi) is 9.40. The van der Waals surface area contributed by atoms with Crippen LogP contribution in [0.25, 0.3) is 0 Å². The number of aliphatic imine (C=N–C) groups is 1. The predicted molar refractivity (Wildman–Crippen MR) is 161 cm³/mol. The molecular weight excluding hydrogens is 571 g/mol. The molecule has 3 aliphatic rings. The Bertz CT molecular complexity index is 1330. The second kappa shape index (κ2) is 13.0. The number of rotatable bonds is 6. The van der Waals surface area contributed by atoms with Crippen LogP contribution in [0.1, 0.15) is 41.8 Å². The lowest BCUT2D eigenvalue weighted by atomic mass is 9.94. The minimum atomic E-state index is -0.239. The van der Waals surface area contributed by atoms with Crippen molar-refractivity contribution in [1.82, 2.24) is 14.9 Å². The molecule has 2 aromatic rings. The highest BCUT2D eigenvalue weighted by Crippen LogP contribution is 2.38. The van der Waals surface area contributed by atoms with Gasteiger partial charge in [0.2, 0.25) is 0 Å². The standard InChI is InChI=1S/C28H34Cl2N6O3S/c1-3-17-18(6-4-7-20(17)29)23-14-21-19(16-39-23)26(34-28(33-21)38-2)36-9-5-8-32-22(15-36)24(30)25(31)27(37)35-10-12-40-13-11-35/h4,6-7,23H,3,5,8-16,31H2,1-2H3/b25-24+. The lowest BCUT2D eigenvalue weighted by molar-refractivity contribution is -0.126. The van der Waals surface area contributed by atoms with Gasteiger partial charge < -0.3 is 25.0 Å². The number of nitrogens with two attached hydrogens (primary N) is 1. The molecule has 40 heavy (non-hydrogen) atoms. The van der Waals surface area contributed by atoms with Crippen molar-refractivity contribution >= 4 is 52.4 Å². The first-order valence-electron chi connectivity index (χ1n) is 13.5. The number of carbonyl (C=O) groups is 1. The largest absolute Gasteiger partial charge is 0.467 e. The van der Waals surface area contributed by atoms with Crippen LogP contribution in [0.4, 0.5) is 5.82 Å². The fourth-order valence-corrected chi connectivity index (χ4v) is 6.74. The Balaban J connectivity index is 1.43. The van der Waals surface area contributed by atoms with Gasteiger partial charge in [0, 0.05) is 54.7 Å². The van der Waals surface area contributed by atoms with Gasteiger partial charge in [-0.05, 0) is 30.0 Å². The van der Waals surface area contributed by atoms with Crippen LogP contribution in [0.5, 0.6) is 6.01 Å². The number of halogens is 2. The third kappa shape index (κ3) is 6.05. The summed E-state index contributed by atoms with van der Waals surface area (Å²) in [5, 5.41) is 0.947. The van der Waals surface area contributed by atoms with Crippen molar-refractivity contribution in [2.45, 2.75) is 38.9 Å². The highest BCUT2D eigenvalue weighted by molar-refractivity contribution is 7.99. The van der Waals surface area contributed by atoms with Gasteiger partial charge in [0.05, 0.1) is 42.8 Å². The summed E-state index contributed by atoms with van der Waals surface area (Å²) in [4.78, 5) is 31.0. The van der Waals surface area contributed by atoms with Crippen LogP contribution in [-0.4, -0.2) is 77.8 Å². The average Bonchev–Trinajstić information content (AvgIpc) is 3.25. The van der Waals surface area contributed by atoms with Crippen molar-refractivity contribution in [3.05, 3.63) is 56.3 Å². The molecule has 0 aliphatic carbocycles. The van der Waals surface area contributed by atoms with Gasteiger partial charge in [-0.3, -0.25) is 9.79 Å². The maximum Gasteiger partial charge on any atom is 0.318 e. The molecule has 1 aromatic heterocycles. The summed E-state index contributed by atoms with van der Waals surface area (Å²) in [5.74, 6) is 2.27. The van der Waals surface area contributed by atoms with E-state index in [1.807, 2.05) is 23.9 Å². The second-order valence-electron chi connectivity index (χ2n) is 9.86. The smallest absolute Gasteiger partial charge is 0.318 e. The lowest BCUT2D eigenvalue weighted by Gasteiger charge is -2.31. The molecule has 1 atom stereocenters. The van der Waals surface area contributed by atoms with Gasteiger partial charge in [0.1, 0.15) is 11.5 Å². The summed E-state index contributed by atoms with van der Waals surface area (Å²) in [7, 11) is 1.56. The van der Waals surface area contributed by atoms with Crippen LogP contribution >= 0.6 is 35.0 Å². The fraction of sp³-hybridized carbons (Fsp3) is 0.500. The highest BCUT2D eigenvalue weighted by atomic mass is 35.5. The summed E-state index contributed by atoms with van der Waals surface area (Å²) in [6.07, 6.45) is 2.00. The van der Waals surface area contributed by atoms with Crippen molar-refractivity contribution in [3.8, 4) is 6.01 Å². The van der Waals surface area contributed by atoms with Crippen molar-refractivity contribution in [3.63, 3.8) is 0 Å². The molecule has 12 heteroatoms. The first-order chi connectivity index (χ1) is 19.4. The molecule has 1 saturated heterocycles. The lowest BCUT2D eigenvalue weighted by Crippen LogP contribution is -2.41. The van der Waals surface area contributed by atoms with Crippen molar-refractivity contribution in [2.75, 3.05) is 56.2 Å². The number of methoxy groups -OCH3 is 1. The first kappa shape index (κ1) is 29.0. The summed E-state index contributed by atoms with van der Waals surface area (Å²) >= 11 is 15.1. The van der Waals surface area contributed by atoms with Crippen molar-refractivity contribution in [1.29, 1.82) is 0 Å². The van der Waals surface area contributed by atoms with E-state index in [2.05, 4.69) is 17.9 Å². The minimum Gasteiger partial charge on any atom is -0.467 e. The van der Waals surface area contributed by atoms with Crippen LogP contribution < -0.4 is 15.4 Å². The topological polar surface area (TPSA) is 106 Å². The first-order valence-corrected chi connectivity index (χ1v) is 15.5. The Morgan fingerprint density at radius 1 is 1.25 bits per heavy atom. The van der Waals surface area contributed by atoms with Crippen LogP contribution in [0.3, 0.4) is 0 Å². The number of ether oxygens (including phenoxy) is 2. The molecular formula is C28H34Cl2N6O3S. The number of hydrogen-bond acceptors (Lipinski definition) is 9. The van der Waals surface area contributed by atoms with Gasteiger partial charge >= 0.3 is 6.01 Å². The van der Waals surface area contributed by atoms with E-state index in [0.29, 0.717) is 57.5 Å². The number of nitrogens with zero attached hydrogens (tertiary/aromatic N) is 5. The van der Waals surface area contributed by atoms with E-state index >= 15 is 0 Å². The number of amides is 1. The minimum absolute atomic E-state index is 0.0379. The molecule has 9 nitrogen and oxygen atoms in total. The molecule has 1 unspecified atom stereocenters. The number of hydrogen-bond donors (Lipinski definition) is 1. The molecule has 0 spiro atoms. The van der Waals surface area contributed by atoms with Gasteiger partial charge in [-0.15, -0.1) is 0 Å². The molecule has 4 heterocycles. The molecule has 1 aromatic carbocycles. The molecule has 2 N–H and O–H groups in total. The van der Waals surface area contributed by atoms with Crippen molar-refractivity contribution in [2.24, 2.45) is 10.7 Å². The monoisotopic (exact) mass is 604 g/mol. The molecule has 214 valence electrons. The Hall–Kier alpha value is -2.53. The Labute approximate surface area is 249 Å². The van der Waals surface area contributed by atoms with Gasteiger partial charge in [-0.25, -0.2) is 0 Å². The molecule has 0 saturated carbocycles. The van der Waals surface area contributed by atoms with E-state index in [4.69, 9.17) is 53.4 Å². The molecule has 0 bridgehead atoms. The van der Waals surface area contributed by atoms with Gasteiger partial charge in [-0.1, -0.05) is 42.3 Å². The summed E-state index contributed by atoms with van der Waals surface area (Å²) in [5.41, 5.74) is 10.9. The fourth-order valence-electron chi connectivity index (χ4n) is 5.32. The van der Waals surface area contributed by atoms with Crippen LogP contribution in [0, 0.1) is 0 Å². The number of benzene rings is 1. The third-order valence-electron chi connectivity index (χ3n) is 7.44. The van der Waals surface area contributed by atoms with E-state index in [1.54, 1.807) is 12.0 Å². The molecule has 5 rings (SSSR count). The van der Waals surface area contributed by atoms with Crippen LogP contribution in [0.15, 0.2) is 33.9 Å². The van der Waals surface area contributed by atoms with Gasteiger partial charge in [0.15, 0.2) is 0 Å². The number of carbonyl (C=O) groups excluding carboxylic acids is 1. The van der Waals surface area contributed by atoms with E-state index in [9.17, 15) is 4.79 Å². The normalized spacial score (nSPS) is 20.3. The summed E-state index contributed by atoms with van der Waals surface area (Å²) in [6.45, 7) is 5.38. The molecule has 3 aliphatic heterocycles. The van der Waals surface area contributed by atoms with E-state index in [1.165, 1.54) is 0 Å². The SMILES string of the molecule is CCc1c(Cl)cccc1C1Cc2nc(OC)nc(N3CCCN=C(/C(Cl)=C(\N)C(=O)N4CCSCC4)C3)c2CO1. The number of fused-ring (bicyclic) bond motifs is 1. The van der Waals surface area contributed by atoms with Gasteiger partial charge in [0.25, 0.3) is 5.91 Å². The average molecular weight is 606 g/mol. The zero-order valence-electron chi connectivity index (χ0n) is 22.8. The van der Waals surface area contributed by atoms with Crippen LogP contribution in [0.2, 0.25) is 5.02 Å². The zero-order valence-corrected chi connectivity index (χ0v) is 25.1. The second-order valence-corrected chi connectivity index (χ2v) is 11.9.